The number of nitrogens with one attached hydrogen (secondary N) is 1. The van der Waals surface area contributed by atoms with Crippen LogP contribution in [0.5, 0.6) is 0 Å². The predicted molar refractivity (Wildman–Crippen MR) is 126 cm³/mol. The predicted octanol–water partition coefficient (Wildman–Crippen LogP) is 6.79. The van der Waals surface area contributed by atoms with Gasteiger partial charge in [0, 0.05) is 11.6 Å². The zero-order chi connectivity index (χ0) is 22.8. The second-order valence-corrected chi connectivity index (χ2v) is 8.34. The first-order chi connectivity index (χ1) is 16.1. The van der Waals surface area contributed by atoms with E-state index in [1.165, 1.54) is 29.3 Å². The molecule has 2 unspecified atom stereocenters. The maximum Gasteiger partial charge on any atom is 0.342 e. The number of fused-ring (bicyclic) bond motifs is 1. The second-order valence-electron chi connectivity index (χ2n) is 8.34. The molecule has 2 amide bonds. The Morgan fingerprint density at radius 2 is 1.61 bits per heavy atom. The molecule has 0 saturated heterocycles. The van der Waals surface area contributed by atoms with Crippen LogP contribution < -0.4 is 5.32 Å². The molecule has 1 aliphatic carbocycles. The smallest absolute Gasteiger partial charge is 0.306 e. The van der Waals surface area contributed by atoms with Crippen molar-refractivity contribution in [3.8, 4) is 0 Å². The standard InChI is InChI=1S/C27H23F2N3O/c28-21-13-9-18(10-14-21)17-20-5-4-8-24-25(20)31-32(26(24)19-11-15-22(29)16-12-19)27(33)30-23-6-2-1-3-7-23/h1-3,6-7,9-17,24,26H,4-5,8H2,(H,30,33)/b20-17+. The molecule has 4 nitrogen and oxygen atoms in total. The van der Waals surface area contributed by atoms with Crippen molar-refractivity contribution >= 4 is 23.5 Å². The zero-order valence-electron chi connectivity index (χ0n) is 17.9. The minimum Gasteiger partial charge on any atom is -0.306 e. The maximum atomic E-state index is 13.6. The quantitative estimate of drug-likeness (QED) is 0.476. The summed E-state index contributed by atoms with van der Waals surface area (Å²) in [6, 6.07) is 21.2. The lowest BCUT2D eigenvalue weighted by Gasteiger charge is -2.29. The summed E-state index contributed by atoms with van der Waals surface area (Å²) in [5, 5.41) is 9.19. The van der Waals surface area contributed by atoms with Gasteiger partial charge in [0.05, 0.1) is 11.8 Å². The van der Waals surface area contributed by atoms with Crippen LogP contribution in [0.25, 0.3) is 6.08 Å². The topological polar surface area (TPSA) is 44.7 Å². The molecular weight excluding hydrogens is 420 g/mol. The molecule has 1 saturated carbocycles. The summed E-state index contributed by atoms with van der Waals surface area (Å²) in [4.78, 5) is 13.3. The molecule has 1 fully saturated rings. The van der Waals surface area contributed by atoms with Gasteiger partial charge in [-0.3, -0.25) is 0 Å². The highest BCUT2D eigenvalue weighted by atomic mass is 19.1. The van der Waals surface area contributed by atoms with Crippen LogP contribution in [0.15, 0.2) is 89.5 Å². The van der Waals surface area contributed by atoms with E-state index in [-0.39, 0.29) is 29.6 Å². The van der Waals surface area contributed by atoms with Crippen molar-refractivity contribution in [3.05, 3.63) is 107 Å². The molecule has 3 aromatic rings. The fourth-order valence-electron chi connectivity index (χ4n) is 4.62. The third-order valence-corrected chi connectivity index (χ3v) is 6.16. The minimum absolute atomic E-state index is 0.00238. The van der Waals surface area contributed by atoms with Crippen molar-refractivity contribution < 1.29 is 13.6 Å². The van der Waals surface area contributed by atoms with Gasteiger partial charge in [-0.1, -0.05) is 42.5 Å². The number of anilines is 1. The Labute approximate surface area is 191 Å². The Hall–Kier alpha value is -3.80. The van der Waals surface area contributed by atoms with Crippen molar-refractivity contribution in [3.63, 3.8) is 0 Å². The fourth-order valence-corrected chi connectivity index (χ4v) is 4.62. The summed E-state index contributed by atoms with van der Waals surface area (Å²) in [6.07, 6.45) is 4.67. The Morgan fingerprint density at radius 3 is 2.30 bits per heavy atom. The lowest BCUT2D eigenvalue weighted by molar-refractivity contribution is 0.188. The summed E-state index contributed by atoms with van der Waals surface area (Å²) < 4.78 is 27.0. The van der Waals surface area contributed by atoms with Gasteiger partial charge in [-0.2, -0.15) is 5.10 Å². The zero-order valence-corrected chi connectivity index (χ0v) is 17.9. The number of halogens is 2. The highest BCUT2D eigenvalue weighted by Crippen LogP contribution is 2.44. The van der Waals surface area contributed by atoms with Crippen LogP contribution in [0, 0.1) is 17.6 Å². The van der Waals surface area contributed by atoms with Crippen molar-refractivity contribution in [1.82, 2.24) is 5.01 Å². The molecule has 0 aromatic heterocycles. The number of urea groups is 1. The molecule has 2 aliphatic rings. The summed E-state index contributed by atoms with van der Waals surface area (Å²) in [5.41, 5.74) is 4.31. The number of rotatable bonds is 3. The summed E-state index contributed by atoms with van der Waals surface area (Å²) >= 11 is 0. The van der Waals surface area contributed by atoms with E-state index in [0.29, 0.717) is 5.69 Å². The first-order valence-corrected chi connectivity index (χ1v) is 11.0. The van der Waals surface area contributed by atoms with E-state index in [1.807, 2.05) is 36.4 Å². The van der Waals surface area contributed by atoms with Gasteiger partial charge >= 0.3 is 6.03 Å². The number of amides is 2. The molecular formula is C27H23F2N3O. The molecule has 166 valence electrons. The van der Waals surface area contributed by atoms with Crippen molar-refractivity contribution in [2.45, 2.75) is 25.3 Å². The number of para-hydroxylation sites is 1. The average molecular weight is 443 g/mol. The normalized spacial score (nSPS) is 21.0. The first-order valence-electron chi connectivity index (χ1n) is 11.0. The maximum absolute atomic E-state index is 13.6. The molecule has 1 heterocycles. The summed E-state index contributed by atoms with van der Waals surface area (Å²) in [7, 11) is 0. The van der Waals surface area contributed by atoms with E-state index in [0.717, 1.165) is 41.7 Å². The Balaban J connectivity index is 1.52. The molecule has 1 N–H and O–H groups in total. The number of hydrazone groups is 1. The highest BCUT2D eigenvalue weighted by molar-refractivity contribution is 6.08. The van der Waals surface area contributed by atoms with Gasteiger partial charge in [0.2, 0.25) is 0 Å². The molecule has 0 spiro atoms. The molecule has 0 radical (unpaired) electrons. The summed E-state index contributed by atoms with van der Waals surface area (Å²) in [5.74, 6) is -0.604. The SMILES string of the molecule is O=C(Nc1ccccc1)N1N=C2/C(=C/c3ccc(F)cc3)CCCC2C1c1ccc(F)cc1. The van der Waals surface area contributed by atoms with Gasteiger partial charge in [-0.25, -0.2) is 18.6 Å². The van der Waals surface area contributed by atoms with E-state index in [9.17, 15) is 13.6 Å². The number of benzene rings is 3. The number of hydrogen-bond acceptors (Lipinski definition) is 2. The second kappa shape index (κ2) is 8.98. The van der Waals surface area contributed by atoms with Crippen LogP contribution >= 0.6 is 0 Å². The Bertz CT molecular complexity index is 1200. The van der Waals surface area contributed by atoms with E-state index in [2.05, 4.69) is 5.32 Å². The third-order valence-electron chi connectivity index (χ3n) is 6.16. The Morgan fingerprint density at radius 1 is 0.939 bits per heavy atom. The van der Waals surface area contributed by atoms with Crippen LogP contribution in [0.3, 0.4) is 0 Å². The molecule has 2 atom stereocenters. The monoisotopic (exact) mass is 443 g/mol. The van der Waals surface area contributed by atoms with E-state index < -0.39 is 0 Å². The van der Waals surface area contributed by atoms with E-state index >= 15 is 0 Å². The van der Waals surface area contributed by atoms with Gasteiger partial charge < -0.3 is 5.32 Å². The first kappa shape index (κ1) is 21.1. The van der Waals surface area contributed by atoms with Gasteiger partial charge in [-0.15, -0.1) is 0 Å². The van der Waals surface area contributed by atoms with Crippen LogP contribution in [0.1, 0.15) is 36.4 Å². The lowest BCUT2D eigenvalue weighted by Crippen LogP contribution is -2.34. The van der Waals surface area contributed by atoms with Crippen LogP contribution in [0.4, 0.5) is 19.3 Å². The molecule has 5 rings (SSSR count). The molecule has 1 aliphatic heterocycles. The van der Waals surface area contributed by atoms with Crippen molar-refractivity contribution in [2.75, 3.05) is 5.32 Å². The largest absolute Gasteiger partial charge is 0.342 e. The Kier molecular flexibility index (Phi) is 5.73. The molecule has 6 heteroatoms. The van der Waals surface area contributed by atoms with Crippen LogP contribution in [-0.4, -0.2) is 16.8 Å². The van der Waals surface area contributed by atoms with Crippen LogP contribution in [-0.2, 0) is 0 Å². The molecule has 33 heavy (non-hydrogen) atoms. The van der Waals surface area contributed by atoms with E-state index in [1.54, 1.807) is 24.3 Å². The number of allylic oxidation sites excluding steroid dienone is 1. The van der Waals surface area contributed by atoms with Crippen molar-refractivity contribution in [2.24, 2.45) is 11.0 Å². The van der Waals surface area contributed by atoms with Gasteiger partial charge in [-0.05, 0) is 78.4 Å². The van der Waals surface area contributed by atoms with Crippen LogP contribution in [0.2, 0.25) is 0 Å². The third kappa shape index (κ3) is 4.42. The number of hydrogen-bond donors (Lipinski definition) is 1. The number of nitrogens with zero attached hydrogens (tertiary/aromatic N) is 2. The van der Waals surface area contributed by atoms with E-state index in [4.69, 9.17) is 5.10 Å². The number of carbonyl (C=O) groups is 1. The van der Waals surface area contributed by atoms with Crippen molar-refractivity contribution in [1.29, 1.82) is 0 Å². The molecule has 3 aromatic carbocycles. The highest BCUT2D eigenvalue weighted by Gasteiger charge is 2.43. The molecule has 0 bridgehead atoms. The lowest BCUT2D eigenvalue weighted by atomic mass is 9.77. The average Bonchev–Trinajstić information content (AvgIpc) is 3.23. The van der Waals surface area contributed by atoms with Gasteiger partial charge in [0.1, 0.15) is 11.6 Å². The fraction of sp³-hybridized carbons (Fsp3) is 0.185. The minimum atomic E-state index is -0.335. The van der Waals surface area contributed by atoms with Gasteiger partial charge in [0.15, 0.2) is 0 Å². The van der Waals surface area contributed by atoms with Gasteiger partial charge in [0.25, 0.3) is 0 Å². The number of carbonyl (C=O) groups excluding carboxylic acids is 1. The summed E-state index contributed by atoms with van der Waals surface area (Å²) in [6.45, 7) is 0.